The first-order chi connectivity index (χ1) is 9.38. The molecule has 2 aromatic rings. The molecule has 0 amide bonds. The van der Waals surface area contributed by atoms with Crippen molar-refractivity contribution in [2.75, 3.05) is 6.54 Å². The number of benzene rings is 1. The number of hydrogen-bond donors (Lipinski definition) is 1. The quantitative estimate of drug-likeness (QED) is 0.917. The second-order valence-electron chi connectivity index (χ2n) is 4.70. The van der Waals surface area contributed by atoms with Crippen LogP contribution in [0.1, 0.15) is 30.5 Å². The maximum atomic E-state index is 4.16. The summed E-state index contributed by atoms with van der Waals surface area (Å²) in [4.78, 5) is 0. The molecule has 0 aliphatic heterocycles. The van der Waals surface area contributed by atoms with Gasteiger partial charge in [-0.1, -0.05) is 54.3 Å². The van der Waals surface area contributed by atoms with E-state index in [0.29, 0.717) is 11.3 Å². The maximum Gasteiger partial charge on any atom is 0.174 e. The van der Waals surface area contributed by atoms with Crippen molar-refractivity contribution in [2.45, 2.75) is 35.4 Å². The minimum atomic E-state index is 0.435. The molecule has 1 heterocycles. The van der Waals surface area contributed by atoms with Crippen molar-refractivity contribution < 1.29 is 0 Å². The lowest BCUT2D eigenvalue weighted by atomic mass is 10.1. The minimum absolute atomic E-state index is 0.435. The van der Waals surface area contributed by atoms with Gasteiger partial charge in [-0.3, -0.25) is 0 Å². The van der Waals surface area contributed by atoms with Crippen molar-refractivity contribution in [1.29, 1.82) is 0 Å². The first-order valence-electron chi connectivity index (χ1n) is 6.62. The molecule has 3 rings (SSSR count). The van der Waals surface area contributed by atoms with E-state index in [4.69, 9.17) is 0 Å². The molecule has 2 unspecified atom stereocenters. The summed E-state index contributed by atoms with van der Waals surface area (Å²) in [5.41, 5.74) is 4.73. The van der Waals surface area contributed by atoms with E-state index in [0.717, 1.165) is 23.7 Å². The van der Waals surface area contributed by atoms with E-state index < -0.39 is 0 Å². The van der Waals surface area contributed by atoms with Gasteiger partial charge in [0.2, 0.25) is 0 Å². The average molecular weight is 291 g/mol. The molecule has 1 N–H and O–H groups in total. The van der Waals surface area contributed by atoms with Gasteiger partial charge >= 0.3 is 0 Å². The zero-order chi connectivity index (χ0) is 13.1. The van der Waals surface area contributed by atoms with Crippen molar-refractivity contribution in [3.05, 3.63) is 40.9 Å². The second-order valence-corrected chi connectivity index (χ2v) is 7.02. The monoisotopic (exact) mass is 291 g/mol. The van der Waals surface area contributed by atoms with Crippen LogP contribution in [0, 0.1) is 0 Å². The molecule has 0 bridgehead atoms. The molecular formula is C14H17N3S2. The van der Waals surface area contributed by atoms with E-state index in [1.54, 1.807) is 16.8 Å². The third-order valence-corrected chi connectivity index (χ3v) is 5.47. The third kappa shape index (κ3) is 2.83. The number of fused-ring (bicyclic) bond motifs is 1. The van der Waals surface area contributed by atoms with Gasteiger partial charge in [0, 0.05) is 11.3 Å². The Morgan fingerprint density at radius 2 is 2.32 bits per heavy atom. The summed E-state index contributed by atoms with van der Waals surface area (Å²) in [6.07, 6.45) is 2.27. The Bertz CT molecular complexity index is 525. The summed E-state index contributed by atoms with van der Waals surface area (Å²) in [5.74, 6) is 0. The fourth-order valence-corrected chi connectivity index (χ4v) is 4.55. The van der Waals surface area contributed by atoms with Crippen LogP contribution in [0.5, 0.6) is 0 Å². The second kappa shape index (κ2) is 6.03. The van der Waals surface area contributed by atoms with Crippen molar-refractivity contribution in [3.8, 4) is 0 Å². The van der Waals surface area contributed by atoms with Gasteiger partial charge in [0.05, 0.1) is 0 Å². The van der Waals surface area contributed by atoms with Crippen LogP contribution in [-0.4, -0.2) is 22.0 Å². The van der Waals surface area contributed by atoms with Crippen LogP contribution in [0.2, 0.25) is 0 Å². The highest BCUT2D eigenvalue weighted by Gasteiger charge is 2.32. The van der Waals surface area contributed by atoms with Crippen LogP contribution in [0.4, 0.5) is 0 Å². The van der Waals surface area contributed by atoms with Crippen LogP contribution in [0.25, 0.3) is 0 Å². The van der Waals surface area contributed by atoms with Gasteiger partial charge in [-0.2, -0.15) is 0 Å². The summed E-state index contributed by atoms with van der Waals surface area (Å²) in [6, 6.07) is 9.20. The first kappa shape index (κ1) is 13.1. The van der Waals surface area contributed by atoms with Crippen molar-refractivity contribution in [1.82, 2.24) is 15.5 Å². The Morgan fingerprint density at radius 1 is 1.42 bits per heavy atom. The van der Waals surface area contributed by atoms with Crippen LogP contribution < -0.4 is 5.32 Å². The summed E-state index contributed by atoms with van der Waals surface area (Å²) >= 11 is 3.48. The lowest BCUT2D eigenvalue weighted by Crippen LogP contribution is -2.27. The smallest absolute Gasteiger partial charge is 0.174 e. The minimum Gasteiger partial charge on any atom is -0.309 e. The van der Waals surface area contributed by atoms with E-state index >= 15 is 0 Å². The standard InChI is InChI=1S/C14H17N3S2/c1-2-7-15-13-11-6-4-3-5-10(11)8-12(13)19-14-17-16-9-18-14/h3-6,9,12-13,15H,2,7-8H2,1H3. The van der Waals surface area contributed by atoms with Crippen LogP contribution in [0.15, 0.2) is 34.1 Å². The number of aromatic nitrogens is 2. The van der Waals surface area contributed by atoms with E-state index in [9.17, 15) is 0 Å². The van der Waals surface area contributed by atoms with Gasteiger partial charge < -0.3 is 5.32 Å². The molecular weight excluding hydrogens is 274 g/mol. The van der Waals surface area contributed by atoms with E-state index in [-0.39, 0.29) is 0 Å². The normalized spacial score (nSPS) is 21.5. The molecule has 100 valence electrons. The SMILES string of the molecule is CCCNC1c2ccccc2CC1Sc1nncs1. The molecule has 19 heavy (non-hydrogen) atoms. The summed E-state index contributed by atoms with van der Waals surface area (Å²) in [7, 11) is 0. The summed E-state index contributed by atoms with van der Waals surface area (Å²) in [5, 5.41) is 12.3. The van der Waals surface area contributed by atoms with E-state index in [1.807, 2.05) is 11.8 Å². The van der Waals surface area contributed by atoms with Crippen LogP contribution in [-0.2, 0) is 6.42 Å². The predicted molar refractivity (Wildman–Crippen MR) is 80.7 cm³/mol. The summed E-state index contributed by atoms with van der Waals surface area (Å²) < 4.78 is 1.07. The largest absolute Gasteiger partial charge is 0.309 e. The molecule has 0 spiro atoms. The fourth-order valence-electron chi connectivity index (χ4n) is 2.55. The van der Waals surface area contributed by atoms with E-state index in [1.165, 1.54) is 11.1 Å². The zero-order valence-corrected chi connectivity index (χ0v) is 12.5. The van der Waals surface area contributed by atoms with E-state index in [2.05, 4.69) is 46.7 Å². The first-order valence-corrected chi connectivity index (χ1v) is 8.38. The number of hydrogen-bond acceptors (Lipinski definition) is 5. The van der Waals surface area contributed by atoms with Crippen LogP contribution in [0.3, 0.4) is 0 Å². The Hall–Kier alpha value is -0.910. The van der Waals surface area contributed by atoms with Gasteiger partial charge in [-0.25, -0.2) is 0 Å². The topological polar surface area (TPSA) is 37.8 Å². The molecule has 1 aromatic carbocycles. The Morgan fingerprint density at radius 3 is 3.11 bits per heavy atom. The fraction of sp³-hybridized carbons (Fsp3) is 0.429. The highest BCUT2D eigenvalue weighted by atomic mass is 32.2. The molecule has 0 saturated carbocycles. The lowest BCUT2D eigenvalue weighted by Gasteiger charge is -2.20. The van der Waals surface area contributed by atoms with Gasteiger partial charge in [0.25, 0.3) is 0 Å². The molecule has 1 aromatic heterocycles. The lowest BCUT2D eigenvalue weighted by molar-refractivity contribution is 0.539. The van der Waals surface area contributed by atoms with Crippen LogP contribution >= 0.6 is 23.1 Å². The molecule has 1 aliphatic carbocycles. The number of rotatable bonds is 5. The molecule has 3 nitrogen and oxygen atoms in total. The Labute approximate surface area is 121 Å². The molecule has 0 fully saturated rings. The Kier molecular flexibility index (Phi) is 4.15. The summed E-state index contributed by atoms with van der Waals surface area (Å²) in [6.45, 7) is 3.27. The number of thioether (sulfide) groups is 1. The van der Waals surface area contributed by atoms with Gasteiger partial charge in [0.15, 0.2) is 4.34 Å². The average Bonchev–Trinajstić information content (AvgIpc) is 3.04. The maximum absolute atomic E-state index is 4.16. The number of nitrogens with zero attached hydrogens (tertiary/aromatic N) is 2. The molecule has 1 aliphatic rings. The highest BCUT2D eigenvalue weighted by Crippen LogP contribution is 2.41. The zero-order valence-electron chi connectivity index (χ0n) is 10.9. The predicted octanol–water partition coefficient (Wildman–Crippen LogP) is 3.30. The third-order valence-electron chi connectivity index (χ3n) is 3.39. The molecule has 0 radical (unpaired) electrons. The van der Waals surface area contributed by atoms with Crippen molar-refractivity contribution in [3.63, 3.8) is 0 Å². The highest BCUT2D eigenvalue weighted by molar-refractivity contribution is 8.01. The van der Waals surface area contributed by atoms with Gasteiger partial charge in [-0.05, 0) is 30.5 Å². The molecule has 5 heteroatoms. The van der Waals surface area contributed by atoms with Crippen molar-refractivity contribution in [2.24, 2.45) is 0 Å². The molecule has 2 atom stereocenters. The Balaban J connectivity index is 1.80. The number of nitrogens with one attached hydrogen (secondary N) is 1. The molecule has 0 saturated heterocycles. The van der Waals surface area contributed by atoms with Crippen molar-refractivity contribution >= 4 is 23.1 Å². The van der Waals surface area contributed by atoms with Gasteiger partial charge in [-0.15, -0.1) is 10.2 Å². The van der Waals surface area contributed by atoms with Gasteiger partial charge in [0.1, 0.15) is 5.51 Å².